The van der Waals surface area contributed by atoms with Crippen molar-refractivity contribution < 1.29 is 9.21 Å². The topological polar surface area (TPSA) is 54.5 Å². The first-order valence-corrected chi connectivity index (χ1v) is 9.15. The first kappa shape index (κ1) is 16.4. The number of carbonyl (C=O) groups is 1. The van der Waals surface area contributed by atoms with E-state index in [9.17, 15) is 4.79 Å². The van der Waals surface area contributed by atoms with E-state index in [1.807, 2.05) is 30.1 Å². The lowest BCUT2D eigenvalue weighted by Crippen LogP contribution is -2.46. The molecule has 6 nitrogen and oxygen atoms in total. The average molecular weight is 342 g/mol. The summed E-state index contributed by atoms with van der Waals surface area (Å²) >= 11 is 0. The molecule has 1 atom stereocenters. The van der Waals surface area contributed by atoms with Crippen molar-refractivity contribution in [2.24, 2.45) is 13.0 Å². The summed E-state index contributed by atoms with van der Waals surface area (Å²) < 4.78 is 7.51. The number of imidazole rings is 1. The van der Waals surface area contributed by atoms with Crippen molar-refractivity contribution in [3.8, 4) is 0 Å². The van der Waals surface area contributed by atoms with E-state index in [-0.39, 0.29) is 11.8 Å². The molecular formula is C19H26N4O2. The normalized spacial score (nSPS) is 22.2. The number of furan rings is 1. The molecule has 2 aromatic rings. The van der Waals surface area contributed by atoms with E-state index in [4.69, 9.17) is 4.42 Å². The van der Waals surface area contributed by atoms with Gasteiger partial charge < -0.3 is 13.9 Å². The van der Waals surface area contributed by atoms with E-state index in [1.54, 1.807) is 6.26 Å². The van der Waals surface area contributed by atoms with Gasteiger partial charge in [-0.15, -0.1) is 0 Å². The van der Waals surface area contributed by atoms with Gasteiger partial charge in [-0.2, -0.15) is 0 Å². The van der Waals surface area contributed by atoms with Gasteiger partial charge in [-0.05, 0) is 30.9 Å². The van der Waals surface area contributed by atoms with Gasteiger partial charge >= 0.3 is 0 Å². The van der Waals surface area contributed by atoms with Crippen molar-refractivity contribution in [3.63, 3.8) is 0 Å². The van der Waals surface area contributed by atoms with E-state index in [2.05, 4.69) is 21.7 Å². The number of piperidine rings is 1. The monoisotopic (exact) mass is 342 g/mol. The maximum atomic E-state index is 13.3. The summed E-state index contributed by atoms with van der Waals surface area (Å²) in [6.45, 7) is 6.22. The second-order valence-electron chi connectivity index (χ2n) is 7.50. The second kappa shape index (κ2) is 6.67. The molecular weight excluding hydrogens is 316 g/mol. The zero-order valence-electron chi connectivity index (χ0n) is 15.0. The van der Waals surface area contributed by atoms with Gasteiger partial charge in [0.25, 0.3) is 0 Å². The minimum absolute atomic E-state index is 0.139. The summed E-state index contributed by atoms with van der Waals surface area (Å²) in [7, 11) is 1.99. The predicted molar refractivity (Wildman–Crippen MR) is 93.7 cm³/mol. The molecule has 0 aromatic carbocycles. The van der Waals surface area contributed by atoms with Crippen LogP contribution < -0.4 is 0 Å². The van der Waals surface area contributed by atoms with E-state index < -0.39 is 0 Å². The molecule has 134 valence electrons. The Labute approximate surface area is 148 Å². The van der Waals surface area contributed by atoms with Crippen LogP contribution in [0, 0.1) is 5.92 Å². The molecule has 25 heavy (non-hydrogen) atoms. The number of aryl methyl sites for hydroxylation is 1. The number of likely N-dealkylation sites (tertiary alicyclic amines) is 1. The summed E-state index contributed by atoms with van der Waals surface area (Å²) in [5.74, 6) is 1.76. The van der Waals surface area contributed by atoms with Crippen molar-refractivity contribution in [1.82, 2.24) is 19.4 Å². The number of carbonyl (C=O) groups excluding carboxylic acids is 1. The van der Waals surface area contributed by atoms with Gasteiger partial charge in [0.2, 0.25) is 5.91 Å². The minimum atomic E-state index is -0.139. The highest BCUT2D eigenvalue weighted by Gasteiger charge is 2.37. The SMILES string of the molecule is CC1CCN(C(=O)[C@@H]2CN(Cc3ccco3)Cc3ncn(C)c32)CC1. The van der Waals surface area contributed by atoms with E-state index in [0.29, 0.717) is 6.54 Å². The Morgan fingerprint density at radius 2 is 2.16 bits per heavy atom. The Morgan fingerprint density at radius 1 is 1.36 bits per heavy atom. The molecule has 2 aromatic heterocycles. The van der Waals surface area contributed by atoms with Crippen LogP contribution in [-0.2, 0) is 24.9 Å². The molecule has 0 aliphatic carbocycles. The molecule has 0 spiro atoms. The maximum Gasteiger partial charge on any atom is 0.233 e. The molecule has 0 N–H and O–H groups in total. The third kappa shape index (κ3) is 3.23. The van der Waals surface area contributed by atoms with Crippen LogP contribution in [0.2, 0.25) is 0 Å². The van der Waals surface area contributed by atoms with Gasteiger partial charge in [0.05, 0.1) is 36.4 Å². The molecule has 0 bridgehead atoms. The van der Waals surface area contributed by atoms with Crippen LogP contribution in [0.25, 0.3) is 0 Å². The molecule has 4 rings (SSSR count). The first-order valence-electron chi connectivity index (χ1n) is 9.15. The Morgan fingerprint density at radius 3 is 2.88 bits per heavy atom. The summed E-state index contributed by atoms with van der Waals surface area (Å²) in [4.78, 5) is 22.1. The lowest BCUT2D eigenvalue weighted by Gasteiger charge is -2.37. The molecule has 2 aliphatic heterocycles. The number of hydrogen-bond donors (Lipinski definition) is 0. The van der Waals surface area contributed by atoms with E-state index in [0.717, 1.165) is 62.1 Å². The van der Waals surface area contributed by atoms with Crippen LogP contribution >= 0.6 is 0 Å². The standard InChI is InChI=1S/C19H26N4O2/c1-14-5-7-23(8-6-14)19(24)16-11-22(10-15-4-3-9-25-15)12-17-18(16)21(2)13-20-17/h3-4,9,13-14,16H,5-8,10-12H2,1-2H3/t16-/m1/s1. The lowest BCUT2D eigenvalue weighted by atomic mass is 9.93. The molecule has 0 saturated carbocycles. The Kier molecular flexibility index (Phi) is 4.37. The Hall–Kier alpha value is -2.08. The van der Waals surface area contributed by atoms with Gasteiger partial charge in [-0.3, -0.25) is 9.69 Å². The number of fused-ring (bicyclic) bond motifs is 1. The molecule has 2 aliphatic rings. The average Bonchev–Trinajstić information content (AvgIpc) is 3.25. The summed E-state index contributed by atoms with van der Waals surface area (Å²) in [5.41, 5.74) is 2.10. The van der Waals surface area contributed by atoms with Gasteiger partial charge in [-0.1, -0.05) is 6.92 Å². The molecule has 1 saturated heterocycles. The van der Waals surface area contributed by atoms with Crippen LogP contribution in [0.1, 0.15) is 42.8 Å². The van der Waals surface area contributed by atoms with E-state index in [1.165, 1.54) is 0 Å². The quantitative estimate of drug-likeness (QED) is 0.859. The van der Waals surface area contributed by atoms with Crippen LogP contribution in [0.15, 0.2) is 29.1 Å². The second-order valence-corrected chi connectivity index (χ2v) is 7.50. The summed E-state index contributed by atoms with van der Waals surface area (Å²) in [5, 5.41) is 0. The lowest BCUT2D eigenvalue weighted by molar-refractivity contribution is -0.135. The largest absolute Gasteiger partial charge is 0.468 e. The maximum absolute atomic E-state index is 13.3. The fourth-order valence-electron chi connectivity index (χ4n) is 4.07. The molecule has 0 radical (unpaired) electrons. The fraction of sp³-hybridized carbons (Fsp3) is 0.579. The zero-order valence-corrected chi connectivity index (χ0v) is 15.0. The number of hydrogen-bond acceptors (Lipinski definition) is 4. The third-order valence-corrected chi connectivity index (χ3v) is 5.56. The highest BCUT2D eigenvalue weighted by Crippen LogP contribution is 2.31. The fourth-order valence-corrected chi connectivity index (χ4v) is 4.07. The first-order chi connectivity index (χ1) is 12.1. The number of amides is 1. The van der Waals surface area contributed by atoms with E-state index >= 15 is 0 Å². The number of rotatable bonds is 3. The van der Waals surface area contributed by atoms with Crippen LogP contribution in [0.5, 0.6) is 0 Å². The van der Waals surface area contributed by atoms with Crippen molar-refractivity contribution in [3.05, 3.63) is 41.9 Å². The van der Waals surface area contributed by atoms with Gasteiger partial charge in [-0.25, -0.2) is 4.98 Å². The highest BCUT2D eigenvalue weighted by atomic mass is 16.3. The van der Waals surface area contributed by atoms with Crippen molar-refractivity contribution in [2.75, 3.05) is 19.6 Å². The summed E-state index contributed by atoms with van der Waals surface area (Å²) in [6, 6.07) is 3.89. The van der Waals surface area contributed by atoms with Crippen molar-refractivity contribution in [1.29, 1.82) is 0 Å². The molecule has 1 fully saturated rings. The molecule has 0 unspecified atom stereocenters. The molecule has 1 amide bonds. The predicted octanol–water partition coefficient (Wildman–Crippen LogP) is 2.37. The number of nitrogens with zero attached hydrogens (tertiary/aromatic N) is 4. The van der Waals surface area contributed by atoms with Crippen molar-refractivity contribution >= 4 is 5.91 Å². The Bertz CT molecular complexity index is 729. The smallest absolute Gasteiger partial charge is 0.233 e. The summed E-state index contributed by atoms with van der Waals surface area (Å²) in [6.07, 6.45) is 5.74. The number of aromatic nitrogens is 2. The molecule has 4 heterocycles. The van der Waals surface area contributed by atoms with Gasteiger partial charge in [0, 0.05) is 33.2 Å². The van der Waals surface area contributed by atoms with Gasteiger partial charge in [0.1, 0.15) is 5.76 Å². The van der Waals surface area contributed by atoms with Gasteiger partial charge in [0.15, 0.2) is 0 Å². The van der Waals surface area contributed by atoms with Crippen molar-refractivity contribution in [2.45, 2.75) is 38.8 Å². The highest BCUT2D eigenvalue weighted by molar-refractivity contribution is 5.84. The third-order valence-electron chi connectivity index (χ3n) is 5.56. The Balaban J connectivity index is 1.56. The van der Waals surface area contributed by atoms with Crippen LogP contribution in [0.3, 0.4) is 0 Å². The van der Waals surface area contributed by atoms with Crippen LogP contribution in [-0.4, -0.2) is 44.9 Å². The minimum Gasteiger partial charge on any atom is -0.468 e. The zero-order chi connectivity index (χ0) is 17.4. The van der Waals surface area contributed by atoms with Crippen LogP contribution in [0.4, 0.5) is 0 Å². The molecule has 6 heteroatoms.